The Hall–Kier alpha value is -2.37. The Morgan fingerprint density at radius 1 is 1.30 bits per heavy atom. The fourth-order valence-corrected chi connectivity index (χ4v) is 2.87. The number of amides is 1. The number of aromatic nitrogens is 2. The number of hydrogen-bond acceptors (Lipinski definition) is 5. The molecule has 0 spiro atoms. The van der Waals surface area contributed by atoms with E-state index in [2.05, 4.69) is 29.1 Å². The summed E-state index contributed by atoms with van der Waals surface area (Å²) in [4.78, 5) is 23.4. The van der Waals surface area contributed by atoms with Gasteiger partial charge in [-0.2, -0.15) is 0 Å². The lowest BCUT2D eigenvalue weighted by Crippen LogP contribution is -2.33. The average Bonchev–Trinajstić information content (AvgIpc) is 2.93. The summed E-state index contributed by atoms with van der Waals surface area (Å²) in [6.07, 6.45) is 3.01. The molecule has 3 heterocycles. The molecule has 1 aliphatic heterocycles. The molecule has 0 unspecified atom stereocenters. The molecule has 1 aliphatic rings. The molecular formula is C17H22N4O2. The van der Waals surface area contributed by atoms with Crippen molar-refractivity contribution in [2.75, 3.05) is 18.4 Å². The molecule has 0 atom stereocenters. The van der Waals surface area contributed by atoms with Gasteiger partial charge in [-0.15, -0.1) is 0 Å². The second-order valence-corrected chi connectivity index (χ2v) is 6.11. The van der Waals surface area contributed by atoms with Crippen LogP contribution in [0, 0.1) is 6.92 Å². The van der Waals surface area contributed by atoms with Crippen LogP contribution in [-0.2, 0) is 12.8 Å². The van der Waals surface area contributed by atoms with Gasteiger partial charge >= 0.3 is 0 Å². The lowest BCUT2D eigenvalue weighted by molar-refractivity contribution is 0.0731. The van der Waals surface area contributed by atoms with Gasteiger partial charge in [-0.05, 0) is 39.3 Å². The first-order chi connectivity index (χ1) is 11.0. The number of nitrogens with zero attached hydrogens (tertiary/aromatic N) is 3. The van der Waals surface area contributed by atoms with Crippen LogP contribution in [0.15, 0.2) is 22.8 Å². The fraction of sp³-hybridized carbons (Fsp3) is 0.471. The van der Waals surface area contributed by atoms with E-state index < -0.39 is 0 Å². The van der Waals surface area contributed by atoms with E-state index in [1.807, 2.05) is 11.8 Å². The number of furan rings is 1. The van der Waals surface area contributed by atoms with E-state index >= 15 is 0 Å². The van der Waals surface area contributed by atoms with Crippen molar-refractivity contribution >= 4 is 11.7 Å². The van der Waals surface area contributed by atoms with E-state index in [1.165, 1.54) is 6.26 Å². The van der Waals surface area contributed by atoms with Crippen molar-refractivity contribution in [2.24, 2.45) is 0 Å². The highest BCUT2D eigenvalue weighted by molar-refractivity contribution is 5.91. The summed E-state index contributed by atoms with van der Waals surface area (Å²) in [6.45, 7) is 7.37. The molecule has 6 nitrogen and oxygen atoms in total. The van der Waals surface area contributed by atoms with Crippen molar-refractivity contribution in [3.8, 4) is 0 Å². The highest BCUT2D eigenvalue weighted by atomic mass is 16.3. The predicted molar refractivity (Wildman–Crippen MR) is 87.5 cm³/mol. The first-order valence-corrected chi connectivity index (χ1v) is 8.00. The van der Waals surface area contributed by atoms with E-state index in [1.54, 1.807) is 12.1 Å². The van der Waals surface area contributed by atoms with Crippen molar-refractivity contribution in [1.82, 2.24) is 14.9 Å². The van der Waals surface area contributed by atoms with Gasteiger partial charge in [-0.3, -0.25) is 4.79 Å². The van der Waals surface area contributed by atoms with Crippen LogP contribution >= 0.6 is 0 Å². The molecule has 2 aromatic rings. The van der Waals surface area contributed by atoms with E-state index in [9.17, 15) is 4.79 Å². The Kier molecular flexibility index (Phi) is 4.32. The van der Waals surface area contributed by atoms with Gasteiger partial charge in [0, 0.05) is 31.1 Å². The predicted octanol–water partition coefficient (Wildman–Crippen LogP) is 2.44. The minimum Gasteiger partial charge on any atom is -0.459 e. The van der Waals surface area contributed by atoms with Gasteiger partial charge in [-0.1, -0.05) is 0 Å². The molecule has 0 aliphatic carbocycles. The standard InChI is InChI=1S/C17H22N4O2/c1-11(2)18-16-13-6-8-21(17(22)15-5-4-10-23-15)9-7-14(13)19-12(3)20-16/h4-5,10-11H,6-9H2,1-3H3,(H,18,19,20). The van der Waals surface area contributed by atoms with Crippen molar-refractivity contribution in [3.05, 3.63) is 41.2 Å². The summed E-state index contributed by atoms with van der Waals surface area (Å²) in [7, 11) is 0. The maximum atomic E-state index is 12.5. The summed E-state index contributed by atoms with van der Waals surface area (Å²) in [6, 6.07) is 3.74. The van der Waals surface area contributed by atoms with Gasteiger partial charge in [0.05, 0.1) is 12.0 Å². The molecule has 3 rings (SSSR count). The third-order valence-electron chi connectivity index (χ3n) is 3.90. The fourth-order valence-electron chi connectivity index (χ4n) is 2.87. The molecule has 1 amide bonds. The molecule has 2 aromatic heterocycles. The lowest BCUT2D eigenvalue weighted by Gasteiger charge is -2.18. The van der Waals surface area contributed by atoms with E-state index in [0.29, 0.717) is 24.9 Å². The zero-order valence-corrected chi connectivity index (χ0v) is 13.8. The van der Waals surface area contributed by atoms with Crippen molar-refractivity contribution in [2.45, 2.75) is 39.7 Å². The van der Waals surface area contributed by atoms with Gasteiger partial charge in [0.25, 0.3) is 5.91 Å². The molecule has 122 valence electrons. The number of hydrogen-bond donors (Lipinski definition) is 1. The average molecular weight is 314 g/mol. The minimum absolute atomic E-state index is 0.0640. The lowest BCUT2D eigenvalue weighted by atomic mass is 10.1. The highest BCUT2D eigenvalue weighted by Crippen LogP contribution is 2.23. The summed E-state index contributed by atoms with van der Waals surface area (Å²) in [5, 5.41) is 3.40. The van der Waals surface area contributed by atoms with Crippen LogP contribution in [-0.4, -0.2) is 39.9 Å². The summed E-state index contributed by atoms with van der Waals surface area (Å²) in [5.74, 6) is 1.98. The Morgan fingerprint density at radius 2 is 2.09 bits per heavy atom. The van der Waals surface area contributed by atoms with Gasteiger partial charge in [0.1, 0.15) is 11.6 Å². The smallest absolute Gasteiger partial charge is 0.289 e. The Labute approximate surface area is 135 Å². The Morgan fingerprint density at radius 3 is 2.78 bits per heavy atom. The molecule has 0 aromatic carbocycles. The van der Waals surface area contributed by atoms with Crippen LogP contribution < -0.4 is 5.32 Å². The third kappa shape index (κ3) is 3.36. The van der Waals surface area contributed by atoms with Gasteiger partial charge in [0.15, 0.2) is 5.76 Å². The van der Waals surface area contributed by atoms with Crippen molar-refractivity contribution < 1.29 is 9.21 Å². The molecule has 0 radical (unpaired) electrons. The first-order valence-electron chi connectivity index (χ1n) is 8.00. The zero-order valence-electron chi connectivity index (χ0n) is 13.8. The summed E-state index contributed by atoms with van der Waals surface area (Å²) >= 11 is 0. The number of rotatable bonds is 3. The van der Waals surface area contributed by atoms with Crippen LogP contribution in [0.25, 0.3) is 0 Å². The highest BCUT2D eigenvalue weighted by Gasteiger charge is 2.24. The molecular weight excluding hydrogens is 292 g/mol. The second kappa shape index (κ2) is 6.40. The van der Waals surface area contributed by atoms with Gasteiger partial charge in [-0.25, -0.2) is 9.97 Å². The number of carbonyl (C=O) groups excluding carboxylic acids is 1. The van der Waals surface area contributed by atoms with Crippen LogP contribution in [0.2, 0.25) is 0 Å². The summed E-state index contributed by atoms with van der Waals surface area (Å²) < 4.78 is 5.23. The number of aryl methyl sites for hydroxylation is 1. The molecule has 0 saturated heterocycles. The van der Waals surface area contributed by atoms with Crippen LogP contribution in [0.1, 0.15) is 41.5 Å². The monoisotopic (exact) mass is 314 g/mol. The van der Waals surface area contributed by atoms with E-state index in [4.69, 9.17) is 4.42 Å². The van der Waals surface area contributed by atoms with Gasteiger partial charge < -0.3 is 14.6 Å². The van der Waals surface area contributed by atoms with Crippen molar-refractivity contribution in [3.63, 3.8) is 0 Å². The maximum absolute atomic E-state index is 12.5. The maximum Gasteiger partial charge on any atom is 0.289 e. The molecule has 0 bridgehead atoms. The molecule has 1 N–H and O–H groups in total. The van der Waals surface area contributed by atoms with E-state index in [0.717, 1.165) is 35.7 Å². The number of anilines is 1. The molecule has 6 heteroatoms. The van der Waals surface area contributed by atoms with E-state index in [-0.39, 0.29) is 5.91 Å². The normalized spacial score (nSPS) is 14.5. The first kappa shape index (κ1) is 15.5. The topological polar surface area (TPSA) is 71.3 Å². The Bertz CT molecular complexity index is 695. The largest absolute Gasteiger partial charge is 0.459 e. The molecule has 23 heavy (non-hydrogen) atoms. The number of nitrogens with one attached hydrogen (secondary N) is 1. The quantitative estimate of drug-likeness (QED) is 0.942. The van der Waals surface area contributed by atoms with Crippen LogP contribution in [0.3, 0.4) is 0 Å². The van der Waals surface area contributed by atoms with Gasteiger partial charge in [0.2, 0.25) is 0 Å². The second-order valence-electron chi connectivity index (χ2n) is 6.11. The third-order valence-corrected chi connectivity index (χ3v) is 3.90. The molecule has 0 saturated carbocycles. The minimum atomic E-state index is -0.0640. The molecule has 0 fully saturated rings. The SMILES string of the molecule is Cc1nc2c(c(NC(C)C)n1)CCN(C(=O)c1ccco1)CC2. The van der Waals surface area contributed by atoms with Crippen LogP contribution in [0.5, 0.6) is 0 Å². The zero-order chi connectivity index (χ0) is 16.4. The number of carbonyl (C=O) groups is 1. The van der Waals surface area contributed by atoms with Crippen molar-refractivity contribution in [1.29, 1.82) is 0 Å². The van der Waals surface area contributed by atoms with Crippen LogP contribution in [0.4, 0.5) is 5.82 Å². The number of fused-ring (bicyclic) bond motifs is 1. The summed E-state index contributed by atoms with van der Waals surface area (Å²) in [5.41, 5.74) is 2.16. The Balaban J connectivity index is 1.83.